The van der Waals surface area contributed by atoms with E-state index in [4.69, 9.17) is 4.74 Å². The third-order valence-corrected chi connectivity index (χ3v) is 4.16. The highest BCUT2D eigenvalue weighted by atomic mass is 16.6. The van der Waals surface area contributed by atoms with Crippen LogP contribution in [0.15, 0.2) is 30.3 Å². The fraction of sp³-hybridized carbons (Fsp3) is 0.588. The largest absolute Gasteiger partial charge is 0.450 e. The number of carbonyl (C=O) groups is 1. The molecule has 0 radical (unpaired) electrons. The number of carbonyl (C=O) groups excluding carboxylic acids is 1. The molecule has 1 aliphatic heterocycles. The van der Waals surface area contributed by atoms with Crippen LogP contribution in [0.2, 0.25) is 0 Å². The zero-order chi connectivity index (χ0) is 15.1. The smallest absolute Gasteiger partial charge is 0.409 e. The third-order valence-electron chi connectivity index (χ3n) is 4.16. The molecular weight excluding hydrogens is 264 g/mol. The fourth-order valence-electron chi connectivity index (χ4n) is 2.76. The van der Waals surface area contributed by atoms with E-state index >= 15 is 0 Å². The highest BCUT2D eigenvalue weighted by molar-refractivity contribution is 5.67. The molecule has 0 aromatic heterocycles. The van der Waals surface area contributed by atoms with E-state index in [-0.39, 0.29) is 6.09 Å². The van der Waals surface area contributed by atoms with Gasteiger partial charge in [0.05, 0.1) is 6.61 Å². The van der Waals surface area contributed by atoms with Crippen molar-refractivity contribution in [2.75, 3.05) is 32.8 Å². The topological polar surface area (TPSA) is 32.8 Å². The molecule has 1 saturated heterocycles. The van der Waals surface area contributed by atoms with Crippen molar-refractivity contribution in [1.82, 2.24) is 9.80 Å². The molecule has 1 aromatic carbocycles. The number of piperazine rings is 1. The SMILES string of the molecule is CCOC(=O)N1CCN([C@H](C)CCc2ccccc2)CC1. The molecule has 1 fully saturated rings. The van der Waals surface area contributed by atoms with Crippen molar-refractivity contribution < 1.29 is 9.53 Å². The summed E-state index contributed by atoms with van der Waals surface area (Å²) in [6, 6.07) is 11.2. The number of ether oxygens (including phenoxy) is 1. The van der Waals surface area contributed by atoms with Crippen LogP contribution >= 0.6 is 0 Å². The summed E-state index contributed by atoms with van der Waals surface area (Å²) in [6.45, 7) is 8.00. The Kier molecular flexibility index (Phi) is 6.05. The van der Waals surface area contributed by atoms with Gasteiger partial charge in [0, 0.05) is 32.2 Å². The molecule has 0 spiro atoms. The Hall–Kier alpha value is -1.55. The van der Waals surface area contributed by atoms with E-state index in [0.717, 1.165) is 39.0 Å². The lowest BCUT2D eigenvalue weighted by molar-refractivity contribution is 0.0674. The molecule has 0 bridgehead atoms. The van der Waals surface area contributed by atoms with E-state index in [9.17, 15) is 4.79 Å². The first kappa shape index (κ1) is 15.8. The van der Waals surface area contributed by atoms with Gasteiger partial charge in [-0.15, -0.1) is 0 Å². The van der Waals surface area contributed by atoms with Crippen LogP contribution in [0.25, 0.3) is 0 Å². The predicted octanol–water partition coefficient (Wildman–Crippen LogP) is 2.78. The first-order chi connectivity index (χ1) is 10.2. The average Bonchev–Trinajstić information content (AvgIpc) is 2.54. The number of hydrogen-bond donors (Lipinski definition) is 0. The van der Waals surface area contributed by atoms with Crippen LogP contribution in [0.1, 0.15) is 25.8 Å². The van der Waals surface area contributed by atoms with Crippen molar-refractivity contribution in [3.8, 4) is 0 Å². The Labute approximate surface area is 127 Å². The summed E-state index contributed by atoms with van der Waals surface area (Å²) in [7, 11) is 0. The van der Waals surface area contributed by atoms with Crippen LogP contribution in [-0.2, 0) is 11.2 Å². The summed E-state index contributed by atoms with van der Waals surface area (Å²) >= 11 is 0. The van der Waals surface area contributed by atoms with Gasteiger partial charge in [-0.1, -0.05) is 30.3 Å². The number of hydrogen-bond acceptors (Lipinski definition) is 3. The van der Waals surface area contributed by atoms with E-state index < -0.39 is 0 Å². The van der Waals surface area contributed by atoms with Crippen LogP contribution in [0.3, 0.4) is 0 Å². The minimum atomic E-state index is -0.172. The molecule has 1 atom stereocenters. The summed E-state index contributed by atoms with van der Waals surface area (Å²) in [6.07, 6.45) is 2.10. The summed E-state index contributed by atoms with van der Waals surface area (Å²) in [4.78, 5) is 16.0. The number of amides is 1. The Bertz CT molecular complexity index is 428. The highest BCUT2D eigenvalue weighted by Gasteiger charge is 2.24. The van der Waals surface area contributed by atoms with Crippen LogP contribution in [0.5, 0.6) is 0 Å². The molecule has 21 heavy (non-hydrogen) atoms. The monoisotopic (exact) mass is 290 g/mol. The second-order valence-electron chi connectivity index (χ2n) is 5.60. The van der Waals surface area contributed by atoms with Gasteiger partial charge in [0.25, 0.3) is 0 Å². The molecular formula is C17H26N2O2. The van der Waals surface area contributed by atoms with Gasteiger partial charge in [0.1, 0.15) is 0 Å². The first-order valence-corrected chi connectivity index (χ1v) is 7.90. The summed E-state index contributed by atoms with van der Waals surface area (Å²) in [5, 5.41) is 0. The van der Waals surface area contributed by atoms with Crippen molar-refractivity contribution in [3.63, 3.8) is 0 Å². The Morgan fingerprint density at radius 2 is 1.86 bits per heavy atom. The van der Waals surface area contributed by atoms with E-state index in [1.165, 1.54) is 5.56 Å². The van der Waals surface area contributed by atoms with Crippen molar-refractivity contribution >= 4 is 6.09 Å². The van der Waals surface area contributed by atoms with Crippen LogP contribution in [0, 0.1) is 0 Å². The molecule has 4 heteroatoms. The first-order valence-electron chi connectivity index (χ1n) is 7.90. The molecule has 0 aliphatic carbocycles. The normalized spacial score (nSPS) is 17.5. The van der Waals surface area contributed by atoms with Crippen molar-refractivity contribution in [2.24, 2.45) is 0 Å². The minimum Gasteiger partial charge on any atom is -0.450 e. The predicted molar refractivity (Wildman–Crippen MR) is 84.4 cm³/mol. The zero-order valence-electron chi connectivity index (χ0n) is 13.1. The number of nitrogens with zero attached hydrogens (tertiary/aromatic N) is 2. The summed E-state index contributed by atoms with van der Waals surface area (Å²) < 4.78 is 5.05. The van der Waals surface area contributed by atoms with Gasteiger partial charge in [0.2, 0.25) is 0 Å². The van der Waals surface area contributed by atoms with E-state index in [1.54, 1.807) is 0 Å². The van der Waals surface area contributed by atoms with E-state index in [1.807, 2.05) is 11.8 Å². The second-order valence-corrected chi connectivity index (χ2v) is 5.60. The van der Waals surface area contributed by atoms with Gasteiger partial charge in [-0.3, -0.25) is 4.90 Å². The maximum atomic E-state index is 11.7. The molecule has 1 heterocycles. The summed E-state index contributed by atoms with van der Waals surface area (Å²) in [5.74, 6) is 0. The van der Waals surface area contributed by atoms with Crippen LogP contribution in [-0.4, -0.2) is 54.7 Å². The number of benzene rings is 1. The molecule has 1 amide bonds. The lowest BCUT2D eigenvalue weighted by Gasteiger charge is -2.37. The Morgan fingerprint density at radius 3 is 2.48 bits per heavy atom. The molecule has 2 rings (SSSR count). The quantitative estimate of drug-likeness (QED) is 0.836. The third kappa shape index (κ3) is 4.74. The molecule has 4 nitrogen and oxygen atoms in total. The van der Waals surface area contributed by atoms with Crippen molar-refractivity contribution in [3.05, 3.63) is 35.9 Å². The zero-order valence-corrected chi connectivity index (χ0v) is 13.1. The van der Waals surface area contributed by atoms with Gasteiger partial charge in [-0.2, -0.15) is 0 Å². The number of rotatable bonds is 5. The van der Waals surface area contributed by atoms with Gasteiger partial charge >= 0.3 is 6.09 Å². The van der Waals surface area contributed by atoms with Gasteiger partial charge in [-0.25, -0.2) is 4.79 Å². The standard InChI is InChI=1S/C17H26N2O2/c1-3-21-17(20)19-13-11-18(12-14-19)15(2)9-10-16-7-5-4-6-8-16/h4-8,15H,3,9-14H2,1-2H3/t15-/m1/s1. The fourth-order valence-corrected chi connectivity index (χ4v) is 2.76. The van der Waals surface area contributed by atoms with Gasteiger partial charge in [-0.05, 0) is 32.3 Å². The average molecular weight is 290 g/mol. The molecule has 1 aliphatic rings. The highest BCUT2D eigenvalue weighted by Crippen LogP contribution is 2.13. The Morgan fingerprint density at radius 1 is 1.19 bits per heavy atom. The van der Waals surface area contributed by atoms with Crippen LogP contribution < -0.4 is 0 Å². The van der Waals surface area contributed by atoms with Crippen LogP contribution in [0.4, 0.5) is 4.79 Å². The van der Waals surface area contributed by atoms with Gasteiger partial charge in [0.15, 0.2) is 0 Å². The van der Waals surface area contributed by atoms with Crippen molar-refractivity contribution in [1.29, 1.82) is 0 Å². The lowest BCUT2D eigenvalue weighted by atomic mass is 10.0. The molecule has 0 saturated carbocycles. The Balaban J connectivity index is 1.73. The molecule has 116 valence electrons. The molecule has 0 N–H and O–H groups in total. The summed E-state index contributed by atoms with van der Waals surface area (Å²) in [5.41, 5.74) is 1.40. The van der Waals surface area contributed by atoms with E-state index in [0.29, 0.717) is 12.6 Å². The van der Waals surface area contributed by atoms with Crippen molar-refractivity contribution in [2.45, 2.75) is 32.7 Å². The molecule has 0 unspecified atom stereocenters. The van der Waals surface area contributed by atoms with E-state index in [2.05, 4.69) is 42.2 Å². The van der Waals surface area contributed by atoms with Gasteiger partial charge < -0.3 is 9.64 Å². The maximum absolute atomic E-state index is 11.7. The minimum absolute atomic E-state index is 0.172. The molecule has 1 aromatic rings. The lowest BCUT2D eigenvalue weighted by Crippen LogP contribution is -2.51. The number of aryl methyl sites for hydroxylation is 1. The maximum Gasteiger partial charge on any atom is 0.409 e. The second kappa shape index (κ2) is 8.03.